The van der Waals surface area contributed by atoms with Crippen LogP contribution in [-0.4, -0.2) is 0 Å². The SMILES string of the molecule is c1cc(-c2ccc(N(c3ccccc3-c3ccc4c(c3)oc3ccccc34)c3cccc4oc5c6ccccc6ccc5c34)cc2)cc(-c2cccc3ccccc23)c1. The summed E-state index contributed by atoms with van der Waals surface area (Å²) in [4.78, 5) is 2.39. The summed E-state index contributed by atoms with van der Waals surface area (Å²) in [6.07, 6.45) is 0. The lowest BCUT2D eigenvalue weighted by Gasteiger charge is -2.28. The number of benzene rings is 10. The molecule has 3 nitrogen and oxygen atoms in total. The fourth-order valence-corrected chi connectivity index (χ4v) is 9.08. The van der Waals surface area contributed by atoms with Gasteiger partial charge in [-0.15, -0.1) is 0 Å². The summed E-state index contributed by atoms with van der Waals surface area (Å²) in [6.45, 7) is 0. The van der Waals surface area contributed by atoms with Crippen LogP contribution in [0.15, 0.2) is 221 Å². The van der Waals surface area contributed by atoms with Crippen LogP contribution in [0.5, 0.6) is 0 Å². The van der Waals surface area contributed by atoms with Gasteiger partial charge in [0.05, 0.1) is 16.8 Å². The van der Waals surface area contributed by atoms with Gasteiger partial charge in [0.2, 0.25) is 0 Å². The topological polar surface area (TPSA) is 29.5 Å². The van der Waals surface area contributed by atoms with E-state index < -0.39 is 0 Å². The first kappa shape index (κ1) is 33.3. The standard InChI is InChI=1S/C56H35NO2/c1-3-17-43-37(12-1)14-10-21-44(43)40-16-9-15-39(34-40)36-26-30-42(31-27-36)57(51-23-11-25-53-55(51)49-33-28-38-13-2-4-19-46(38)56(49)59-53)50-22-7-5-18-45(50)41-29-32-48-47-20-6-8-24-52(47)58-54(48)35-41/h1-35H. The number of nitrogens with zero attached hydrogens (tertiary/aromatic N) is 1. The third-order valence-electron chi connectivity index (χ3n) is 11.9. The molecule has 0 unspecified atom stereocenters. The zero-order chi connectivity index (χ0) is 38.9. The van der Waals surface area contributed by atoms with Crippen molar-refractivity contribution in [2.45, 2.75) is 0 Å². The van der Waals surface area contributed by atoms with Crippen molar-refractivity contribution in [2.24, 2.45) is 0 Å². The minimum absolute atomic E-state index is 0.849. The van der Waals surface area contributed by atoms with Crippen LogP contribution in [0.2, 0.25) is 0 Å². The van der Waals surface area contributed by atoms with Gasteiger partial charge in [-0.05, 0) is 105 Å². The fraction of sp³-hybridized carbons (Fsp3) is 0. The van der Waals surface area contributed by atoms with Crippen LogP contribution < -0.4 is 4.90 Å². The number of para-hydroxylation sites is 2. The molecular weight excluding hydrogens is 719 g/mol. The van der Waals surface area contributed by atoms with E-state index in [0.717, 1.165) is 88.4 Å². The monoisotopic (exact) mass is 753 g/mol. The molecule has 276 valence electrons. The summed E-state index contributed by atoms with van der Waals surface area (Å²) in [5.74, 6) is 0. The zero-order valence-corrected chi connectivity index (χ0v) is 32.0. The first-order valence-electron chi connectivity index (χ1n) is 20.1. The number of rotatable bonds is 6. The highest BCUT2D eigenvalue weighted by Gasteiger charge is 2.23. The Kier molecular flexibility index (Phi) is 7.54. The summed E-state index contributed by atoms with van der Waals surface area (Å²) in [5.41, 5.74) is 13.6. The molecule has 0 aliphatic heterocycles. The number of hydrogen-bond donors (Lipinski definition) is 0. The second-order valence-corrected chi connectivity index (χ2v) is 15.2. The summed E-state index contributed by atoms with van der Waals surface area (Å²) >= 11 is 0. The summed E-state index contributed by atoms with van der Waals surface area (Å²) in [6, 6.07) is 75.8. The highest BCUT2D eigenvalue weighted by atomic mass is 16.3. The van der Waals surface area contributed by atoms with Gasteiger partial charge in [0.1, 0.15) is 22.3 Å². The Balaban J connectivity index is 1.04. The van der Waals surface area contributed by atoms with Crippen molar-refractivity contribution < 1.29 is 8.83 Å². The Labute approximate surface area is 340 Å². The number of hydrogen-bond acceptors (Lipinski definition) is 3. The first-order chi connectivity index (χ1) is 29.2. The van der Waals surface area contributed by atoms with E-state index in [0.29, 0.717) is 0 Å². The maximum Gasteiger partial charge on any atom is 0.143 e. The predicted molar refractivity (Wildman–Crippen MR) is 247 cm³/mol. The van der Waals surface area contributed by atoms with E-state index in [1.807, 2.05) is 12.1 Å². The van der Waals surface area contributed by atoms with Gasteiger partial charge >= 0.3 is 0 Å². The molecule has 12 aromatic rings. The van der Waals surface area contributed by atoms with Gasteiger partial charge in [0.25, 0.3) is 0 Å². The molecule has 0 spiro atoms. The molecule has 59 heavy (non-hydrogen) atoms. The van der Waals surface area contributed by atoms with E-state index in [-0.39, 0.29) is 0 Å². The van der Waals surface area contributed by atoms with Crippen LogP contribution in [0, 0.1) is 0 Å². The largest absolute Gasteiger partial charge is 0.456 e. The molecule has 0 aliphatic rings. The lowest BCUT2D eigenvalue weighted by atomic mass is 9.95. The van der Waals surface area contributed by atoms with Crippen molar-refractivity contribution in [1.82, 2.24) is 0 Å². The third kappa shape index (κ3) is 5.44. The van der Waals surface area contributed by atoms with E-state index in [1.54, 1.807) is 0 Å². The summed E-state index contributed by atoms with van der Waals surface area (Å²) in [7, 11) is 0. The van der Waals surface area contributed by atoms with Crippen LogP contribution in [-0.2, 0) is 0 Å². The second kappa shape index (κ2) is 13.4. The molecule has 0 N–H and O–H groups in total. The van der Waals surface area contributed by atoms with Gasteiger partial charge in [-0.2, -0.15) is 0 Å². The average molecular weight is 754 g/mol. The molecule has 0 saturated heterocycles. The highest BCUT2D eigenvalue weighted by Crippen LogP contribution is 2.47. The average Bonchev–Trinajstić information content (AvgIpc) is 3.88. The lowest BCUT2D eigenvalue weighted by molar-refractivity contribution is 0.669. The maximum absolute atomic E-state index is 6.73. The molecule has 0 aliphatic carbocycles. The van der Waals surface area contributed by atoms with Crippen LogP contribution in [0.4, 0.5) is 17.1 Å². The van der Waals surface area contributed by atoms with Crippen LogP contribution in [0.3, 0.4) is 0 Å². The molecular formula is C56H35NO2. The van der Waals surface area contributed by atoms with Gasteiger partial charge in [-0.1, -0.05) is 152 Å². The molecule has 2 heterocycles. The van der Waals surface area contributed by atoms with Crippen molar-refractivity contribution >= 4 is 82.5 Å². The molecule has 10 aromatic carbocycles. The van der Waals surface area contributed by atoms with Gasteiger partial charge in [-0.25, -0.2) is 0 Å². The fourth-order valence-electron chi connectivity index (χ4n) is 9.08. The molecule has 0 atom stereocenters. The molecule has 0 bridgehead atoms. The van der Waals surface area contributed by atoms with Gasteiger partial charge in [-0.3, -0.25) is 0 Å². The number of anilines is 3. The molecule has 0 radical (unpaired) electrons. The smallest absolute Gasteiger partial charge is 0.143 e. The van der Waals surface area contributed by atoms with Crippen molar-refractivity contribution in [3.05, 3.63) is 212 Å². The Morgan fingerprint density at radius 3 is 1.80 bits per heavy atom. The van der Waals surface area contributed by atoms with Crippen LogP contribution in [0.25, 0.3) is 98.8 Å². The third-order valence-corrected chi connectivity index (χ3v) is 11.9. The minimum atomic E-state index is 0.849. The minimum Gasteiger partial charge on any atom is -0.456 e. The molecule has 2 aromatic heterocycles. The van der Waals surface area contributed by atoms with Gasteiger partial charge in [0.15, 0.2) is 0 Å². The molecule has 0 fully saturated rings. The van der Waals surface area contributed by atoms with E-state index in [1.165, 1.54) is 27.5 Å². The van der Waals surface area contributed by atoms with E-state index in [4.69, 9.17) is 8.83 Å². The number of fused-ring (bicyclic) bond motifs is 9. The Morgan fingerprint density at radius 1 is 0.305 bits per heavy atom. The first-order valence-corrected chi connectivity index (χ1v) is 20.1. The Bertz CT molecular complexity index is 3570. The highest BCUT2D eigenvalue weighted by molar-refractivity contribution is 6.20. The molecule has 0 saturated carbocycles. The van der Waals surface area contributed by atoms with E-state index in [2.05, 4.69) is 205 Å². The quantitative estimate of drug-likeness (QED) is 0.169. The van der Waals surface area contributed by atoms with Crippen molar-refractivity contribution in [3.63, 3.8) is 0 Å². The van der Waals surface area contributed by atoms with Gasteiger partial charge < -0.3 is 13.7 Å². The Hall–Kier alpha value is -7.88. The van der Waals surface area contributed by atoms with Crippen molar-refractivity contribution in [3.8, 4) is 33.4 Å². The van der Waals surface area contributed by atoms with Crippen LogP contribution in [0.1, 0.15) is 0 Å². The molecule has 3 heteroatoms. The molecule has 12 rings (SSSR count). The predicted octanol–water partition coefficient (Wildman–Crippen LogP) is 16.3. The lowest BCUT2D eigenvalue weighted by Crippen LogP contribution is -2.11. The van der Waals surface area contributed by atoms with E-state index in [9.17, 15) is 0 Å². The van der Waals surface area contributed by atoms with Gasteiger partial charge in [0, 0.05) is 32.8 Å². The Morgan fingerprint density at radius 2 is 0.898 bits per heavy atom. The normalized spacial score (nSPS) is 11.7. The zero-order valence-electron chi connectivity index (χ0n) is 32.0. The van der Waals surface area contributed by atoms with E-state index >= 15 is 0 Å². The molecule has 0 amide bonds. The number of furan rings is 2. The second-order valence-electron chi connectivity index (χ2n) is 15.2. The summed E-state index contributed by atoms with van der Waals surface area (Å²) in [5, 5.41) is 9.15. The van der Waals surface area contributed by atoms with Crippen molar-refractivity contribution in [1.29, 1.82) is 0 Å². The summed E-state index contributed by atoms with van der Waals surface area (Å²) < 4.78 is 13.1. The maximum atomic E-state index is 6.73. The van der Waals surface area contributed by atoms with Crippen LogP contribution >= 0.6 is 0 Å². The van der Waals surface area contributed by atoms with Crippen molar-refractivity contribution in [2.75, 3.05) is 4.90 Å².